The fourth-order valence-electron chi connectivity index (χ4n) is 1.99. The maximum absolute atomic E-state index is 11.6. The van der Waals surface area contributed by atoms with Crippen LogP contribution in [-0.4, -0.2) is 40.4 Å². The first kappa shape index (κ1) is 14.8. The van der Waals surface area contributed by atoms with Crippen molar-refractivity contribution in [3.05, 3.63) is 0 Å². The molecule has 0 aliphatic heterocycles. The third-order valence-corrected chi connectivity index (χ3v) is 3.24. The summed E-state index contributed by atoms with van der Waals surface area (Å²) >= 11 is 0. The van der Waals surface area contributed by atoms with Gasteiger partial charge in [0.25, 0.3) is 0 Å². The molecule has 1 rings (SSSR count). The minimum absolute atomic E-state index is 0.155. The van der Waals surface area contributed by atoms with Crippen LogP contribution in [0.25, 0.3) is 0 Å². The highest BCUT2D eigenvalue weighted by atomic mass is 16.4. The Morgan fingerprint density at radius 1 is 1.22 bits per heavy atom. The van der Waals surface area contributed by atoms with Gasteiger partial charge in [-0.25, -0.2) is 9.59 Å². The number of nitrogens with one attached hydrogen (secondary N) is 2. The number of carbonyl (C=O) groups is 2. The number of amides is 2. The van der Waals surface area contributed by atoms with Crippen molar-refractivity contribution in [3.63, 3.8) is 0 Å². The second-order valence-electron chi connectivity index (χ2n) is 5.09. The van der Waals surface area contributed by atoms with E-state index in [0.29, 0.717) is 0 Å². The third kappa shape index (κ3) is 4.91. The van der Waals surface area contributed by atoms with Crippen LogP contribution in [0.3, 0.4) is 0 Å². The Balaban J connectivity index is 2.30. The lowest BCUT2D eigenvalue weighted by molar-refractivity contribution is -0.155. The molecule has 0 radical (unpaired) electrons. The van der Waals surface area contributed by atoms with E-state index in [-0.39, 0.29) is 12.6 Å². The van der Waals surface area contributed by atoms with Gasteiger partial charge in [-0.2, -0.15) is 0 Å². The standard InChI is InChI=1S/C12H22N2O4/c1-12(18,10(15)16)8-13-11(17)14-9-6-4-2-3-5-7-9/h9,18H,2-8H2,1H3,(H,15,16)(H2,13,14,17). The predicted molar refractivity (Wildman–Crippen MR) is 66.3 cm³/mol. The number of carbonyl (C=O) groups excluding carboxylic acids is 1. The fraction of sp³-hybridized carbons (Fsp3) is 0.833. The van der Waals surface area contributed by atoms with E-state index in [9.17, 15) is 14.7 Å². The average Bonchev–Trinajstić information content (AvgIpc) is 2.55. The molecular formula is C12H22N2O4. The number of aliphatic hydroxyl groups is 1. The average molecular weight is 258 g/mol. The zero-order valence-electron chi connectivity index (χ0n) is 10.7. The second-order valence-corrected chi connectivity index (χ2v) is 5.09. The van der Waals surface area contributed by atoms with Gasteiger partial charge in [0.2, 0.25) is 0 Å². The molecule has 1 fully saturated rings. The zero-order chi connectivity index (χ0) is 13.6. The third-order valence-electron chi connectivity index (χ3n) is 3.24. The first-order chi connectivity index (χ1) is 8.42. The normalized spacial score (nSPS) is 20.6. The second kappa shape index (κ2) is 6.58. The van der Waals surface area contributed by atoms with Crippen molar-refractivity contribution < 1.29 is 19.8 Å². The van der Waals surface area contributed by atoms with E-state index in [1.165, 1.54) is 12.8 Å². The van der Waals surface area contributed by atoms with E-state index in [1.807, 2.05) is 0 Å². The lowest BCUT2D eigenvalue weighted by atomic mass is 10.1. The van der Waals surface area contributed by atoms with Gasteiger partial charge < -0.3 is 20.8 Å². The summed E-state index contributed by atoms with van der Waals surface area (Å²) < 4.78 is 0. The minimum atomic E-state index is -1.93. The topological polar surface area (TPSA) is 98.7 Å². The van der Waals surface area contributed by atoms with Crippen LogP contribution in [0, 0.1) is 0 Å². The highest BCUT2D eigenvalue weighted by molar-refractivity contribution is 5.79. The van der Waals surface area contributed by atoms with E-state index in [1.54, 1.807) is 0 Å². The van der Waals surface area contributed by atoms with E-state index < -0.39 is 17.6 Å². The van der Waals surface area contributed by atoms with Gasteiger partial charge in [-0.15, -0.1) is 0 Å². The number of carboxylic acids is 1. The quantitative estimate of drug-likeness (QED) is 0.562. The van der Waals surface area contributed by atoms with Crippen LogP contribution >= 0.6 is 0 Å². The number of urea groups is 1. The van der Waals surface area contributed by atoms with Crippen molar-refractivity contribution in [1.82, 2.24) is 10.6 Å². The molecule has 0 bridgehead atoms. The van der Waals surface area contributed by atoms with Crippen molar-refractivity contribution in [2.45, 2.75) is 57.1 Å². The molecule has 6 nitrogen and oxygen atoms in total. The predicted octanol–water partition coefficient (Wildman–Crippen LogP) is 0.844. The number of hydrogen-bond donors (Lipinski definition) is 4. The van der Waals surface area contributed by atoms with Crippen LogP contribution in [0.4, 0.5) is 4.79 Å². The summed E-state index contributed by atoms with van der Waals surface area (Å²) in [5, 5.41) is 23.3. The van der Waals surface area contributed by atoms with Crippen LogP contribution < -0.4 is 10.6 Å². The molecule has 18 heavy (non-hydrogen) atoms. The Bertz CT molecular complexity index is 296. The molecule has 1 aliphatic rings. The molecule has 104 valence electrons. The summed E-state index contributed by atoms with van der Waals surface area (Å²) in [5.41, 5.74) is -1.93. The lowest BCUT2D eigenvalue weighted by Gasteiger charge is -2.21. The van der Waals surface area contributed by atoms with E-state index in [4.69, 9.17) is 5.11 Å². The van der Waals surface area contributed by atoms with Gasteiger partial charge in [-0.3, -0.25) is 0 Å². The minimum Gasteiger partial charge on any atom is -0.479 e. The van der Waals surface area contributed by atoms with E-state index in [2.05, 4.69) is 10.6 Å². The van der Waals surface area contributed by atoms with Crippen molar-refractivity contribution in [2.75, 3.05) is 6.54 Å². The first-order valence-electron chi connectivity index (χ1n) is 6.42. The Hall–Kier alpha value is -1.30. The maximum atomic E-state index is 11.6. The van der Waals surface area contributed by atoms with Gasteiger partial charge in [0.05, 0.1) is 6.54 Å². The molecular weight excluding hydrogens is 236 g/mol. The van der Waals surface area contributed by atoms with E-state index in [0.717, 1.165) is 32.6 Å². The number of hydrogen-bond acceptors (Lipinski definition) is 3. The van der Waals surface area contributed by atoms with E-state index >= 15 is 0 Å². The van der Waals surface area contributed by atoms with Crippen molar-refractivity contribution in [1.29, 1.82) is 0 Å². The Kier molecular flexibility index (Phi) is 5.40. The summed E-state index contributed by atoms with van der Waals surface area (Å²) in [5.74, 6) is -1.35. The molecule has 4 N–H and O–H groups in total. The van der Waals surface area contributed by atoms with Gasteiger partial charge in [0.1, 0.15) is 0 Å². The molecule has 2 amide bonds. The molecule has 6 heteroatoms. The summed E-state index contributed by atoms with van der Waals surface area (Å²) in [6, 6.07) is -0.259. The number of carboxylic acid groups (broad SMARTS) is 1. The van der Waals surface area contributed by atoms with Gasteiger partial charge in [-0.1, -0.05) is 25.7 Å². The van der Waals surface area contributed by atoms with Crippen molar-refractivity contribution >= 4 is 12.0 Å². The van der Waals surface area contributed by atoms with Gasteiger partial charge >= 0.3 is 12.0 Å². The van der Waals surface area contributed by atoms with Crippen LogP contribution in [0.15, 0.2) is 0 Å². The summed E-state index contributed by atoms with van der Waals surface area (Å²) in [4.78, 5) is 22.2. The highest BCUT2D eigenvalue weighted by Gasteiger charge is 2.30. The molecule has 1 atom stereocenters. The van der Waals surface area contributed by atoms with Gasteiger partial charge in [-0.05, 0) is 19.8 Å². The Morgan fingerprint density at radius 3 is 2.28 bits per heavy atom. The van der Waals surface area contributed by atoms with Gasteiger partial charge in [0.15, 0.2) is 5.60 Å². The molecule has 0 aromatic heterocycles. The molecule has 0 spiro atoms. The molecule has 0 aromatic carbocycles. The summed E-state index contributed by atoms with van der Waals surface area (Å²) in [6.07, 6.45) is 6.54. The van der Waals surface area contributed by atoms with Crippen LogP contribution in [0.5, 0.6) is 0 Å². The Labute approximate surface area is 107 Å². The molecule has 1 unspecified atom stereocenters. The number of rotatable bonds is 4. The van der Waals surface area contributed by atoms with Crippen molar-refractivity contribution in [3.8, 4) is 0 Å². The smallest absolute Gasteiger partial charge is 0.337 e. The highest BCUT2D eigenvalue weighted by Crippen LogP contribution is 2.16. The Morgan fingerprint density at radius 2 is 1.78 bits per heavy atom. The largest absolute Gasteiger partial charge is 0.479 e. The van der Waals surface area contributed by atoms with Crippen LogP contribution in [0.2, 0.25) is 0 Å². The molecule has 1 aliphatic carbocycles. The maximum Gasteiger partial charge on any atom is 0.337 e. The first-order valence-corrected chi connectivity index (χ1v) is 6.42. The molecule has 1 saturated carbocycles. The summed E-state index contributed by atoms with van der Waals surface area (Å²) in [7, 11) is 0. The lowest BCUT2D eigenvalue weighted by Crippen LogP contribution is -2.50. The van der Waals surface area contributed by atoms with Crippen LogP contribution in [-0.2, 0) is 4.79 Å². The fourth-order valence-corrected chi connectivity index (χ4v) is 1.99. The van der Waals surface area contributed by atoms with Crippen LogP contribution in [0.1, 0.15) is 45.4 Å². The van der Waals surface area contributed by atoms with Crippen molar-refractivity contribution in [2.24, 2.45) is 0 Å². The summed E-state index contributed by atoms with van der Waals surface area (Å²) in [6.45, 7) is 0.849. The molecule has 0 saturated heterocycles. The zero-order valence-corrected chi connectivity index (χ0v) is 10.7. The molecule has 0 heterocycles. The molecule has 0 aromatic rings. The van der Waals surface area contributed by atoms with Gasteiger partial charge in [0, 0.05) is 6.04 Å². The monoisotopic (exact) mass is 258 g/mol. The number of aliphatic carboxylic acids is 1. The SMILES string of the molecule is CC(O)(CNC(=O)NC1CCCCCC1)C(=O)O.